The Labute approximate surface area is 141 Å². The lowest BCUT2D eigenvalue weighted by Gasteiger charge is -2.17. The molecule has 0 atom stereocenters. The van der Waals surface area contributed by atoms with E-state index in [1.807, 2.05) is 0 Å². The van der Waals surface area contributed by atoms with Crippen molar-refractivity contribution in [3.8, 4) is 0 Å². The topological polar surface area (TPSA) is 110 Å². The van der Waals surface area contributed by atoms with Gasteiger partial charge in [0.05, 0.1) is 21.1 Å². The first kappa shape index (κ1) is 16.3. The number of nitro groups is 1. The standard InChI is InChI=1S/C15H15N3O5S/c19-11-8-10(16-4-2-6-17-5-1-3-12(17)20)14(21)9-7-13(18(22)23)24-15(9)11/h7-8,16H,1-6H2. The highest BCUT2D eigenvalue weighted by Gasteiger charge is 2.31. The minimum atomic E-state index is -0.607. The smallest absolute Gasteiger partial charge is 0.325 e. The van der Waals surface area contributed by atoms with Crippen LogP contribution in [-0.2, 0) is 4.79 Å². The molecule has 1 amide bonds. The van der Waals surface area contributed by atoms with Gasteiger partial charge in [-0.2, -0.15) is 0 Å². The predicted octanol–water partition coefficient (Wildman–Crippen LogP) is 1.52. The lowest BCUT2D eigenvalue weighted by atomic mass is 10.0. The molecule has 2 heterocycles. The molecule has 1 aliphatic carbocycles. The van der Waals surface area contributed by atoms with Crippen molar-refractivity contribution in [2.75, 3.05) is 19.6 Å². The van der Waals surface area contributed by atoms with Gasteiger partial charge in [0.2, 0.25) is 11.7 Å². The molecule has 1 aliphatic heterocycles. The molecule has 126 valence electrons. The number of fused-ring (bicyclic) bond motifs is 1. The summed E-state index contributed by atoms with van der Waals surface area (Å²) in [5.74, 6) is -0.667. The van der Waals surface area contributed by atoms with E-state index in [0.717, 1.165) is 19.0 Å². The number of nitrogens with one attached hydrogen (secondary N) is 1. The van der Waals surface area contributed by atoms with E-state index in [0.29, 0.717) is 37.3 Å². The molecule has 8 nitrogen and oxygen atoms in total. The van der Waals surface area contributed by atoms with Gasteiger partial charge in [0, 0.05) is 38.2 Å². The first-order chi connectivity index (χ1) is 11.5. The molecular weight excluding hydrogens is 334 g/mol. The van der Waals surface area contributed by atoms with Crippen molar-refractivity contribution in [3.63, 3.8) is 0 Å². The summed E-state index contributed by atoms with van der Waals surface area (Å²) in [5.41, 5.74) is 0.226. The van der Waals surface area contributed by atoms with Crippen LogP contribution in [0.5, 0.6) is 0 Å². The molecule has 1 aromatic heterocycles. The summed E-state index contributed by atoms with van der Waals surface area (Å²) in [6.07, 6.45) is 3.31. The Morgan fingerprint density at radius 2 is 2.12 bits per heavy atom. The monoisotopic (exact) mass is 349 g/mol. The Morgan fingerprint density at radius 3 is 2.79 bits per heavy atom. The van der Waals surface area contributed by atoms with E-state index in [1.54, 1.807) is 4.90 Å². The van der Waals surface area contributed by atoms with Crippen molar-refractivity contribution in [1.82, 2.24) is 10.2 Å². The van der Waals surface area contributed by atoms with Gasteiger partial charge in [-0.05, 0) is 12.8 Å². The fourth-order valence-electron chi connectivity index (χ4n) is 2.79. The van der Waals surface area contributed by atoms with Crippen LogP contribution in [0.1, 0.15) is 39.3 Å². The van der Waals surface area contributed by atoms with Crippen LogP contribution >= 0.6 is 11.3 Å². The van der Waals surface area contributed by atoms with Crippen LogP contribution in [0, 0.1) is 10.1 Å². The van der Waals surface area contributed by atoms with E-state index in [4.69, 9.17) is 0 Å². The summed E-state index contributed by atoms with van der Waals surface area (Å²) in [6.45, 7) is 1.81. The Morgan fingerprint density at radius 1 is 1.33 bits per heavy atom. The summed E-state index contributed by atoms with van der Waals surface area (Å²) in [4.78, 5) is 48.0. The second-order valence-corrected chi connectivity index (χ2v) is 6.63. The summed E-state index contributed by atoms with van der Waals surface area (Å²) in [5, 5.41) is 13.5. The SMILES string of the molecule is O=C1C(NCCCN2CCCC2=O)=CC(=O)c2sc([N+](=O)[O-])cc21. The molecule has 0 saturated carbocycles. The number of thiophene rings is 1. The van der Waals surface area contributed by atoms with Gasteiger partial charge in [-0.1, -0.05) is 11.3 Å². The summed E-state index contributed by atoms with van der Waals surface area (Å²) < 4.78 is 0. The number of nitrogens with zero attached hydrogens (tertiary/aromatic N) is 2. The van der Waals surface area contributed by atoms with Crippen molar-refractivity contribution in [3.05, 3.63) is 38.4 Å². The van der Waals surface area contributed by atoms with E-state index >= 15 is 0 Å². The maximum atomic E-state index is 12.3. The number of carbonyl (C=O) groups is 3. The molecule has 1 aromatic rings. The highest BCUT2D eigenvalue weighted by Crippen LogP contribution is 2.33. The molecule has 1 N–H and O–H groups in total. The first-order valence-electron chi connectivity index (χ1n) is 7.58. The highest BCUT2D eigenvalue weighted by atomic mass is 32.1. The zero-order valence-electron chi connectivity index (χ0n) is 12.7. The van der Waals surface area contributed by atoms with E-state index in [1.165, 1.54) is 6.08 Å². The van der Waals surface area contributed by atoms with Gasteiger partial charge in [-0.3, -0.25) is 24.5 Å². The third-order valence-electron chi connectivity index (χ3n) is 3.98. The fourth-order valence-corrected chi connectivity index (χ4v) is 3.67. The first-order valence-corrected chi connectivity index (χ1v) is 8.39. The van der Waals surface area contributed by atoms with Crippen LogP contribution in [0.25, 0.3) is 0 Å². The number of carbonyl (C=O) groups excluding carboxylic acids is 3. The van der Waals surface area contributed by atoms with E-state index in [9.17, 15) is 24.5 Å². The molecular formula is C15H15N3O5S. The zero-order valence-corrected chi connectivity index (χ0v) is 13.6. The molecule has 0 bridgehead atoms. The van der Waals surface area contributed by atoms with Crippen molar-refractivity contribution in [2.45, 2.75) is 19.3 Å². The molecule has 24 heavy (non-hydrogen) atoms. The van der Waals surface area contributed by atoms with Gasteiger partial charge >= 0.3 is 5.00 Å². The number of ketones is 2. The molecule has 1 fully saturated rings. The van der Waals surface area contributed by atoms with Gasteiger partial charge in [0.1, 0.15) is 0 Å². The number of allylic oxidation sites excluding steroid dienone is 2. The number of likely N-dealkylation sites (tertiary alicyclic amines) is 1. The number of rotatable bonds is 6. The number of hydrogen-bond acceptors (Lipinski definition) is 7. The average molecular weight is 349 g/mol. The lowest BCUT2D eigenvalue weighted by Crippen LogP contribution is -2.30. The van der Waals surface area contributed by atoms with Gasteiger partial charge in [0.15, 0.2) is 5.78 Å². The van der Waals surface area contributed by atoms with Crippen LogP contribution in [0.2, 0.25) is 0 Å². The Kier molecular flexibility index (Phi) is 4.43. The quantitative estimate of drug-likeness (QED) is 0.474. The number of amides is 1. The molecule has 0 spiro atoms. The maximum Gasteiger partial charge on any atom is 0.325 e. The van der Waals surface area contributed by atoms with Crippen molar-refractivity contribution < 1.29 is 19.3 Å². The van der Waals surface area contributed by atoms with Gasteiger partial charge in [-0.25, -0.2) is 0 Å². The molecule has 1 saturated heterocycles. The zero-order chi connectivity index (χ0) is 17.3. The number of Topliss-reactive ketones (excluding diaryl/α,β-unsaturated/α-hetero) is 1. The second kappa shape index (κ2) is 6.52. The summed E-state index contributed by atoms with van der Waals surface area (Å²) in [7, 11) is 0. The van der Waals surface area contributed by atoms with E-state index in [-0.39, 0.29) is 27.0 Å². The van der Waals surface area contributed by atoms with Crippen LogP contribution in [0.3, 0.4) is 0 Å². The van der Waals surface area contributed by atoms with Gasteiger partial charge in [-0.15, -0.1) is 0 Å². The van der Waals surface area contributed by atoms with Crippen molar-refractivity contribution in [2.24, 2.45) is 0 Å². The fraction of sp³-hybridized carbons (Fsp3) is 0.400. The van der Waals surface area contributed by atoms with E-state index in [2.05, 4.69) is 5.32 Å². The van der Waals surface area contributed by atoms with Crippen LogP contribution in [-0.4, -0.2) is 46.9 Å². The van der Waals surface area contributed by atoms with Crippen LogP contribution < -0.4 is 5.32 Å². The van der Waals surface area contributed by atoms with Crippen LogP contribution in [0.15, 0.2) is 17.8 Å². The lowest BCUT2D eigenvalue weighted by molar-refractivity contribution is -0.380. The maximum absolute atomic E-state index is 12.3. The molecule has 0 unspecified atom stereocenters. The normalized spacial score (nSPS) is 17.1. The summed E-state index contributed by atoms with van der Waals surface area (Å²) in [6, 6.07) is 1.15. The van der Waals surface area contributed by atoms with Crippen molar-refractivity contribution >= 4 is 33.8 Å². The molecule has 0 aromatic carbocycles. The summed E-state index contributed by atoms with van der Waals surface area (Å²) >= 11 is 0.717. The Hall–Kier alpha value is -2.55. The van der Waals surface area contributed by atoms with Crippen LogP contribution in [0.4, 0.5) is 5.00 Å². The number of hydrogen-bond donors (Lipinski definition) is 1. The largest absolute Gasteiger partial charge is 0.382 e. The third-order valence-corrected chi connectivity index (χ3v) is 5.08. The average Bonchev–Trinajstić information content (AvgIpc) is 3.15. The predicted molar refractivity (Wildman–Crippen MR) is 86.2 cm³/mol. The molecule has 2 aliphatic rings. The van der Waals surface area contributed by atoms with Gasteiger partial charge < -0.3 is 10.2 Å². The second-order valence-electron chi connectivity index (χ2n) is 5.60. The minimum absolute atomic E-state index is 0.0800. The molecule has 9 heteroatoms. The molecule has 0 radical (unpaired) electrons. The van der Waals surface area contributed by atoms with Crippen molar-refractivity contribution in [1.29, 1.82) is 0 Å². The molecule has 3 rings (SSSR count). The van der Waals surface area contributed by atoms with E-state index < -0.39 is 16.5 Å². The highest BCUT2D eigenvalue weighted by molar-refractivity contribution is 7.17. The van der Waals surface area contributed by atoms with Gasteiger partial charge in [0.25, 0.3) is 0 Å². The Bertz CT molecular complexity index is 767. The third kappa shape index (κ3) is 3.07. The minimum Gasteiger partial charge on any atom is -0.382 e. The Balaban J connectivity index is 1.60.